The summed E-state index contributed by atoms with van der Waals surface area (Å²) in [6, 6.07) is 9.94. The molecule has 1 aliphatic heterocycles. The van der Waals surface area contributed by atoms with Gasteiger partial charge in [0.15, 0.2) is 17.1 Å². The SMILES string of the molecule is c1ccc(-n2ncc3c2ncn2c([C@@H]4CCCO4)nnc32)cc1. The van der Waals surface area contributed by atoms with E-state index in [2.05, 4.69) is 20.3 Å². The highest BCUT2D eigenvalue weighted by Crippen LogP contribution is 2.28. The van der Waals surface area contributed by atoms with Crippen molar-refractivity contribution in [3.8, 4) is 5.69 Å². The lowest BCUT2D eigenvalue weighted by molar-refractivity contribution is 0.104. The minimum absolute atomic E-state index is 0.00779. The van der Waals surface area contributed by atoms with E-state index in [1.54, 1.807) is 12.5 Å². The number of hydrogen-bond donors (Lipinski definition) is 0. The van der Waals surface area contributed by atoms with Gasteiger partial charge < -0.3 is 4.74 Å². The summed E-state index contributed by atoms with van der Waals surface area (Å²) in [5.41, 5.74) is 2.51. The van der Waals surface area contributed by atoms with Crippen molar-refractivity contribution in [3.05, 3.63) is 48.7 Å². The fourth-order valence-corrected chi connectivity index (χ4v) is 3.10. The molecule has 0 unspecified atom stereocenters. The Morgan fingerprint density at radius 3 is 2.83 bits per heavy atom. The molecule has 0 aliphatic carbocycles. The number of hydrogen-bond acceptors (Lipinski definition) is 5. The van der Waals surface area contributed by atoms with Gasteiger partial charge >= 0.3 is 0 Å². The molecule has 0 amide bonds. The van der Waals surface area contributed by atoms with Crippen molar-refractivity contribution in [1.82, 2.24) is 29.4 Å². The molecular formula is C16H14N6O. The Labute approximate surface area is 131 Å². The maximum absolute atomic E-state index is 5.72. The van der Waals surface area contributed by atoms with Gasteiger partial charge in [0, 0.05) is 6.61 Å². The van der Waals surface area contributed by atoms with Crippen LogP contribution in [-0.4, -0.2) is 36.0 Å². The third-order valence-corrected chi connectivity index (χ3v) is 4.22. The van der Waals surface area contributed by atoms with Crippen molar-refractivity contribution < 1.29 is 4.74 Å². The van der Waals surface area contributed by atoms with Crippen molar-refractivity contribution in [2.75, 3.05) is 6.61 Å². The summed E-state index contributed by atoms with van der Waals surface area (Å²) < 4.78 is 9.45. The molecule has 114 valence electrons. The van der Waals surface area contributed by atoms with Crippen LogP contribution in [0.4, 0.5) is 0 Å². The number of ether oxygens (including phenoxy) is 1. The van der Waals surface area contributed by atoms with Gasteiger partial charge in [-0.15, -0.1) is 10.2 Å². The Kier molecular flexibility index (Phi) is 2.68. The largest absolute Gasteiger partial charge is 0.370 e. The van der Waals surface area contributed by atoms with E-state index in [1.165, 1.54) is 0 Å². The molecule has 5 rings (SSSR count). The molecule has 23 heavy (non-hydrogen) atoms. The summed E-state index contributed by atoms with van der Waals surface area (Å²) in [6.07, 6.45) is 5.59. The van der Waals surface area contributed by atoms with Gasteiger partial charge in [0.2, 0.25) is 0 Å². The summed E-state index contributed by atoms with van der Waals surface area (Å²) in [7, 11) is 0. The second-order valence-corrected chi connectivity index (χ2v) is 5.63. The van der Waals surface area contributed by atoms with E-state index in [-0.39, 0.29) is 6.10 Å². The molecular weight excluding hydrogens is 292 g/mol. The smallest absolute Gasteiger partial charge is 0.174 e. The monoisotopic (exact) mass is 306 g/mol. The first-order chi connectivity index (χ1) is 11.4. The number of fused-ring (bicyclic) bond motifs is 3. The van der Waals surface area contributed by atoms with E-state index in [9.17, 15) is 0 Å². The molecule has 1 saturated heterocycles. The Balaban J connectivity index is 1.71. The van der Waals surface area contributed by atoms with Crippen LogP contribution in [0.5, 0.6) is 0 Å². The second-order valence-electron chi connectivity index (χ2n) is 5.63. The average molecular weight is 306 g/mol. The first kappa shape index (κ1) is 12.7. The van der Waals surface area contributed by atoms with E-state index in [0.29, 0.717) is 0 Å². The minimum atomic E-state index is 0.00779. The number of rotatable bonds is 2. The number of aromatic nitrogens is 6. The van der Waals surface area contributed by atoms with Crippen LogP contribution in [0.3, 0.4) is 0 Å². The van der Waals surface area contributed by atoms with Crippen LogP contribution < -0.4 is 0 Å². The third kappa shape index (κ3) is 1.86. The average Bonchev–Trinajstić information content (AvgIpc) is 3.33. The maximum Gasteiger partial charge on any atom is 0.174 e. The van der Waals surface area contributed by atoms with Crippen LogP contribution in [0, 0.1) is 0 Å². The normalized spacial score (nSPS) is 18.2. The zero-order valence-corrected chi connectivity index (χ0v) is 12.3. The van der Waals surface area contributed by atoms with Crippen LogP contribution in [0.2, 0.25) is 0 Å². The molecule has 1 aliphatic rings. The van der Waals surface area contributed by atoms with Crippen LogP contribution in [-0.2, 0) is 4.74 Å². The Morgan fingerprint density at radius 1 is 1.09 bits per heavy atom. The predicted molar refractivity (Wildman–Crippen MR) is 83.3 cm³/mol. The zero-order valence-electron chi connectivity index (χ0n) is 12.3. The summed E-state index contributed by atoms with van der Waals surface area (Å²) in [5, 5.41) is 14.0. The number of benzene rings is 1. The van der Waals surface area contributed by atoms with Gasteiger partial charge in [-0.05, 0) is 25.0 Å². The topological polar surface area (TPSA) is 70.1 Å². The number of para-hydroxylation sites is 1. The number of nitrogens with zero attached hydrogens (tertiary/aromatic N) is 6. The Hall–Kier alpha value is -2.80. The lowest BCUT2D eigenvalue weighted by Crippen LogP contribution is -2.04. The molecule has 4 heterocycles. The van der Waals surface area contributed by atoms with Crippen molar-refractivity contribution in [3.63, 3.8) is 0 Å². The van der Waals surface area contributed by atoms with Crippen LogP contribution in [0.1, 0.15) is 24.8 Å². The van der Waals surface area contributed by atoms with E-state index in [1.807, 2.05) is 39.4 Å². The summed E-state index contributed by atoms with van der Waals surface area (Å²) in [6.45, 7) is 0.779. The highest BCUT2D eigenvalue weighted by atomic mass is 16.5. The lowest BCUT2D eigenvalue weighted by Gasteiger charge is -2.07. The fraction of sp³-hybridized carbons (Fsp3) is 0.250. The van der Waals surface area contributed by atoms with Crippen molar-refractivity contribution in [2.24, 2.45) is 0 Å². The molecule has 0 saturated carbocycles. The molecule has 1 atom stereocenters. The fourth-order valence-electron chi connectivity index (χ4n) is 3.10. The van der Waals surface area contributed by atoms with Crippen LogP contribution >= 0.6 is 0 Å². The Bertz CT molecular complexity index is 984. The van der Waals surface area contributed by atoms with Crippen LogP contribution in [0.15, 0.2) is 42.9 Å². The molecule has 1 fully saturated rings. The van der Waals surface area contributed by atoms with E-state index in [0.717, 1.165) is 47.6 Å². The van der Waals surface area contributed by atoms with Gasteiger partial charge in [0.1, 0.15) is 12.4 Å². The summed E-state index contributed by atoms with van der Waals surface area (Å²) in [5.74, 6) is 0.819. The standard InChI is InChI=1S/C16H14N6O/c1-2-5-11(6-3-1)22-14-12(9-18-22)15-19-20-16(21(15)10-17-14)13-7-4-8-23-13/h1-3,5-6,9-10,13H,4,7-8H2/t13-/m0/s1. The lowest BCUT2D eigenvalue weighted by atomic mass is 10.2. The molecule has 0 radical (unpaired) electrons. The zero-order chi connectivity index (χ0) is 15.2. The predicted octanol–water partition coefficient (Wildman–Crippen LogP) is 2.31. The molecule has 4 aromatic rings. The molecule has 0 spiro atoms. The molecule has 7 heteroatoms. The van der Waals surface area contributed by atoms with Gasteiger partial charge in [-0.3, -0.25) is 4.40 Å². The molecule has 3 aromatic heterocycles. The van der Waals surface area contributed by atoms with Gasteiger partial charge in [0.05, 0.1) is 17.3 Å². The van der Waals surface area contributed by atoms with E-state index < -0.39 is 0 Å². The van der Waals surface area contributed by atoms with Gasteiger partial charge in [0.25, 0.3) is 0 Å². The van der Waals surface area contributed by atoms with Crippen molar-refractivity contribution in [1.29, 1.82) is 0 Å². The van der Waals surface area contributed by atoms with Gasteiger partial charge in [-0.25, -0.2) is 9.67 Å². The second kappa shape index (κ2) is 4.85. The molecule has 0 N–H and O–H groups in total. The third-order valence-electron chi connectivity index (χ3n) is 4.22. The first-order valence-electron chi connectivity index (χ1n) is 7.66. The Morgan fingerprint density at radius 2 is 2.00 bits per heavy atom. The maximum atomic E-state index is 5.72. The highest BCUT2D eigenvalue weighted by molar-refractivity contribution is 5.89. The van der Waals surface area contributed by atoms with Crippen molar-refractivity contribution >= 4 is 16.7 Å². The highest BCUT2D eigenvalue weighted by Gasteiger charge is 2.24. The quantitative estimate of drug-likeness (QED) is 0.568. The van der Waals surface area contributed by atoms with Gasteiger partial charge in [-0.1, -0.05) is 18.2 Å². The first-order valence-corrected chi connectivity index (χ1v) is 7.66. The van der Waals surface area contributed by atoms with Crippen molar-refractivity contribution in [2.45, 2.75) is 18.9 Å². The van der Waals surface area contributed by atoms with E-state index >= 15 is 0 Å². The molecule has 1 aromatic carbocycles. The summed E-state index contributed by atoms with van der Waals surface area (Å²) in [4.78, 5) is 4.58. The molecule has 7 nitrogen and oxygen atoms in total. The van der Waals surface area contributed by atoms with Gasteiger partial charge in [-0.2, -0.15) is 5.10 Å². The minimum Gasteiger partial charge on any atom is -0.370 e. The van der Waals surface area contributed by atoms with E-state index in [4.69, 9.17) is 4.74 Å². The molecule has 0 bridgehead atoms. The summed E-state index contributed by atoms with van der Waals surface area (Å²) >= 11 is 0. The van der Waals surface area contributed by atoms with Crippen LogP contribution in [0.25, 0.3) is 22.4 Å².